The third-order valence-corrected chi connectivity index (χ3v) is 5.26. The van der Waals surface area contributed by atoms with Crippen molar-refractivity contribution >= 4 is 46.0 Å². The predicted octanol–water partition coefficient (Wildman–Crippen LogP) is 5.42. The molecular weight excluding hydrogens is 430 g/mol. The zero-order valence-electron chi connectivity index (χ0n) is 17.2. The second kappa shape index (κ2) is 9.40. The fraction of sp³-hybridized carbons (Fsp3) is 0.0909. The Labute approximate surface area is 188 Å². The standard InChI is InChI=1S/C22H19N5O4S/c1-30-16-10-14(11-17(13-16)31-2)23-21-22(25-20-9-4-3-8-19(20)24-21)26-32-18-7-5-6-15(12-18)27(28)29/h3-13H,1-2H3,(H,23,24)(H,25,26). The van der Waals surface area contributed by atoms with E-state index < -0.39 is 4.92 Å². The van der Waals surface area contributed by atoms with Gasteiger partial charge in [0.2, 0.25) is 0 Å². The summed E-state index contributed by atoms with van der Waals surface area (Å²) in [6.07, 6.45) is 0. The highest BCUT2D eigenvalue weighted by molar-refractivity contribution is 8.00. The number of nitrogens with zero attached hydrogens (tertiary/aromatic N) is 3. The van der Waals surface area contributed by atoms with Gasteiger partial charge in [-0.15, -0.1) is 0 Å². The average Bonchev–Trinajstić information content (AvgIpc) is 2.82. The summed E-state index contributed by atoms with van der Waals surface area (Å²) in [5, 5.41) is 14.3. The van der Waals surface area contributed by atoms with Crippen LogP contribution in [0.2, 0.25) is 0 Å². The molecule has 32 heavy (non-hydrogen) atoms. The molecule has 0 saturated carbocycles. The Morgan fingerprint density at radius 1 is 0.875 bits per heavy atom. The molecule has 0 fully saturated rings. The molecule has 0 aliphatic rings. The van der Waals surface area contributed by atoms with Crippen LogP contribution in [-0.2, 0) is 0 Å². The van der Waals surface area contributed by atoms with Crippen LogP contribution in [0.4, 0.5) is 23.0 Å². The summed E-state index contributed by atoms with van der Waals surface area (Å²) in [5.41, 5.74) is 2.15. The van der Waals surface area contributed by atoms with Crippen LogP contribution >= 0.6 is 11.9 Å². The minimum absolute atomic E-state index is 0.0169. The molecule has 3 aromatic carbocycles. The van der Waals surface area contributed by atoms with Crippen molar-refractivity contribution in [3.05, 3.63) is 76.8 Å². The van der Waals surface area contributed by atoms with Crippen molar-refractivity contribution in [2.45, 2.75) is 4.90 Å². The smallest absolute Gasteiger partial charge is 0.270 e. The topological polar surface area (TPSA) is 111 Å². The first kappa shape index (κ1) is 21.2. The van der Waals surface area contributed by atoms with E-state index in [1.54, 1.807) is 32.4 Å². The van der Waals surface area contributed by atoms with Crippen molar-refractivity contribution in [2.75, 3.05) is 24.3 Å². The minimum Gasteiger partial charge on any atom is -0.497 e. The van der Waals surface area contributed by atoms with Crippen molar-refractivity contribution in [1.82, 2.24) is 9.97 Å². The molecule has 1 heterocycles. The Kier molecular flexibility index (Phi) is 6.22. The van der Waals surface area contributed by atoms with Gasteiger partial charge in [0.25, 0.3) is 5.69 Å². The molecule has 0 spiro atoms. The van der Waals surface area contributed by atoms with Gasteiger partial charge in [0.15, 0.2) is 11.6 Å². The van der Waals surface area contributed by atoms with Gasteiger partial charge in [0.1, 0.15) is 11.5 Å². The lowest BCUT2D eigenvalue weighted by molar-refractivity contribution is -0.385. The number of fused-ring (bicyclic) bond motifs is 1. The number of anilines is 3. The molecule has 9 nitrogen and oxygen atoms in total. The summed E-state index contributed by atoms with van der Waals surface area (Å²) >= 11 is 1.21. The van der Waals surface area contributed by atoms with E-state index in [9.17, 15) is 10.1 Å². The van der Waals surface area contributed by atoms with Gasteiger partial charge in [-0.25, -0.2) is 9.97 Å². The molecule has 0 amide bonds. The number of aromatic nitrogens is 2. The third-order valence-electron chi connectivity index (χ3n) is 4.48. The Balaban J connectivity index is 1.68. The molecule has 0 aliphatic carbocycles. The van der Waals surface area contributed by atoms with Gasteiger partial charge in [0.05, 0.1) is 30.2 Å². The van der Waals surface area contributed by atoms with Gasteiger partial charge >= 0.3 is 0 Å². The van der Waals surface area contributed by atoms with E-state index in [1.165, 1.54) is 24.1 Å². The molecule has 2 N–H and O–H groups in total. The van der Waals surface area contributed by atoms with Crippen LogP contribution in [0.1, 0.15) is 0 Å². The average molecular weight is 449 g/mol. The minimum atomic E-state index is -0.428. The molecular formula is C22H19N5O4S. The van der Waals surface area contributed by atoms with Crippen LogP contribution in [-0.4, -0.2) is 29.1 Å². The molecule has 0 atom stereocenters. The van der Waals surface area contributed by atoms with Gasteiger partial charge in [-0.2, -0.15) is 0 Å². The maximum atomic E-state index is 11.1. The molecule has 0 saturated heterocycles. The van der Waals surface area contributed by atoms with Crippen LogP contribution in [0.3, 0.4) is 0 Å². The molecule has 0 aliphatic heterocycles. The summed E-state index contributed by atoms with van der Waals surface area (Å²) < 4.78 is 13.8. The lowest BCUT2D eigenvalue weighted by Crippen LogP contribution is -2.03. The van der Waals surface area contributed by atoms with E-state index in [1.807, 2.05) is 36.4 Å². The number of methoxy groups -OCH3 is 2. The van der Waals surface area contributed by atoms with E-state index >= 15 is 0 Å². The van der Waals surface area contributed by atoms with E-state index in [2.05, 4.69) is 15.0 Å². The number of hydrogen-bond acceptors (Lipinski definition) is 9. The number of rotatable bonds is 8. The van der Waals surface area contributed by atoms with Gasteiger partial charge in [-0.1, -0.05) is 18.2 Å². The van der Waals surface area contributed by atoms with Crippen molar-refractivity contribution in [2.24, 2.45) is 0 Å². The van der Waals surface area contributed by atoms with Gasteiger partial charge in [-0.3, -0.25) is 10.1 Å². The number of nitrogens with one attached hydrogen (secondary N) is 2. The zero-order valence-corrected chi connectivity index (χ0v) is 18.1. The largest absolute Gasteiger partial charge is 0.497 e. The number of para-hydroxylation sites is 2. The first-order valence-corrected chi connectivity index (χ1v) is 10.3. The van der Waals surface area contributed by atoms with Crippen molar-refractivity contribution < 1.29 is 14.4 Å². The normalized spacial score (nSPS) is 10.6. The first-order chi connectivity index (χ1) is 15.6. The summed E-state index contributed by atoms with van der Waals surface area (Å²) in [4.78, 5) is 20.7. The molecule has 4 rings (SSSR count). The Morgan fingerprint density at radius 2 is 1.53 bits per heavy atom. The Morgan fingerprint density at radius 3 is 2.16 bits per heavy atom. The third kappa shape index (κ3) is 4.81. The predicted molar refractivity (Wildman–Crippen MR) is 125 cm³/mol. The van der Waals surface area contributed by atoms with Crippen LogP contribution in [0.5, 0.6) is 11.5 Å². The summed E-state index contributed by atoms with van der Waals surface area (Å²) in [6, 6.07) is 19.3. The number of nitro benzene ring substituents is 1. The van der Waals surface area contributed by atoms with Crippen LogP contribution < -0.4 is 19.5 Å². The molecule has 1 aromatic heterocycles. The van der Waals surface area contributed by atoms with Gasteiger partial charge < -0.3 is 19.5 Å². The number of ether oxygens (including phenoxy) is 2. The number of hydrogen-bond donors (Lipinski definition) is 2. The SMILES string of the molecule is COc1cc(Nc2nc3ccccc3nc2NSc2cccc([N+](=O)[O-])c2)cc(OC)c1. The Hall–Kier alpha value is -4.05. The quantitative estimate of drug-likeness (QED) is 0.207. The highest BCUT2D eigenvalue weighted by Crippen LogP contribution is 2.32. The number of nitro groups is 1. The number of benzene rings is 3. The van der Waals surface area contributed by atoms with E-state index in [4.69, 9.17) is 14.5 Å². The van der Waals surface area contributed by atoms with Gasteiger partial charge in [0, 0.05) is 40.9 Å². The van der Waals surface area contributed by atoms with E-state index in [0.717, 1.165) is 5.52 Å². The molecule has 0 radical (unpaired) electrons. The van der Waals surface area contributed by atoms with E-state index in [0.29, 0.717) is 39.2 Å². The first-order valence-electron chi connectivity index (χ1n) is 9.50. The second-order valence-electron chi connectivity index (χ2n) is 6.59. The maximum Gasteiger partial charge on any atom is 0.270 e. The van der Waals surface area contributed by atoms with Crippen LogP contribution in [0, 0.1) is 10.1 Å². The summed E-state index contributed by atoms with van der Waals surface area (Å²) in [6.45, 7) is 0. The summed E-state index contributed by atoms with van der Waals surface area (Å²) in [5.74, 6) is 2.21. The fourth-order valence-corrected chi connectivity index (χ4v) is 3.63. The van der Waals surface area contributed by atoms with Gasteiger partial charge in [-0.05, 0) is 30.1 Å². The summed E-state index contributed by atoms with van der Waals surface area (Å²) in [7, 11) is 3.16. The molecule has 162 valence electrons. The highest BCUT2D eigenvalue weighted by atomic mass is 32.2. The monoisotopic (exact) mass is 449 g/mol. The molecule has 10 heteroatoms. The van der Waals surface area contributed by atoms with Crippen LogP contribution in [0.15, 0.2) is 71.6 Å². The van der Waals surface area contributed by atoms with Crippen molar-refractivity contribution in [3.63, 3.8) is 0 Å². The maximum absolute atomic E-state index is 11.1. The van der Waals surface area contributed by atoms with E-state index in [-0.39, 0.29) is 5.69 Å². The van der Waals surface area contributed by atoms with Crippen molar-refractivity contribution in [3.8, 4) is 11.5 Å². The second-order valence-corrected chi connectivity index (χ2v) is 7.47. The Bertz CT molecular complexity index is 1260. The van der Waals surface area contributed by atoms with Crippen molar-refractivity contribution in [1.29, 1.82) is 0 Å². The lowest BCUT2D eigenvalue weighted by Gasteiger charge is -2.14. The molecule has 0 unspecified atom stereocenters. The highest BCUT2D eigenvalue weighted by Gasteiger charge is 2.13. The zero-order chi connectivity index (χ0) is 22.5. The molecule has 0 bridgehead atoms. The number of non-ortho nitro benzene ring substituents is 1. The van der Waals surface area contributed by atoms with Crippen LogP contribution in [0.25, 0.3) is 11.0 Å². The lowest BCUT2D eigenvalue weighted by atomic mass is 10.2. The molecule has 4 aromatic rings. The fourth-order valence-electron chi connectivity index (χ4n) is 2.94.